The predicted octanol–water partition coefficient (Wildman–Crippen LogP) is 3.72. The number of nitrogens with one attached hydrogen (secondary N) is 1. The van der Waals surface area contributed by atoms with E-state index in [1.807, 2.05) is 30.4 Å². The first-order valence-corrected chi connectivity index (χ1v) is 10.8. The fourth-order valence-electron chi connectivity index (χ4n) is 3.85. The highest BCUT2D eigenvalue weighted by atomic mass is 32.1. The van der Waals surface area contributed by atoms with Gasteiger partial charge in [0.1, 0.15) is 5.82 Å². The molecule has 31 heavy (non-hydrogen) atoms. The number of aryl methyl sites for hydroxylation is 1. The normalized spacial score (nSPS) is 23.9. The van der Waals surface area contributed by atoms with Crippen LogP contribution in [0.2, 0.25) is 0 Å². The minimum atomic E-state index is -5.08. The van der Waals surface area contributed by atoms with E-state index < -0.39 is 12.1 Å². The Hall–Kier alpha value is -2.24. The first-order valence-electron chi connectivity index (χ1n) is 9.91. The third-order valence-electron chi connectivity index (χ3n) is 5.18. The molecule has 0 radical (unpaired) electrons. The predicted molar refractivity (Wildman–Crippen MR) is 110 cm³/mol. The topological polar surface area (TPSA) is 87.6 Å². The number of hydrogen-bond acceptors (Lipinski definition) is 7. The second-order valence-corrected chi connectivity index (χ2v) is 8.83. The third kappa shape index (κ3) is 6.88. The van der Waals surface area contributed by atoms with Crippen LogP contribution in [0.4, 0.5) is 19.0 Å². The molecule has 0 saturated carbocycles. The zero-order valence-corrected chi connectivity index (χ0v) is 17.9. The van der Waals surface area contributed by atoms with Crippen molar-refractivity contribution in [2.75, 3.05) is 25.0 Å². The molecule has 2 aromatic heterocycles. The van der Waals surface area contributed by atoms with Crippen molar-refractivity contribution in [1.29, 1.82) is 0 Å². The monoisotopic (exact) mass is 458 g/mol. The highest BCUT2D eigenvalue weighted by molar-refractivity contribution is 7.09. The molecule has 2 saturated heterocycles. The summed E-state index contributed by atoms with van der Waals surface area (Å²) < 4.78 is 38.0. The van der Waals surface area contributed by atoms with Crippen LogP contribution < -0.4 is 5.32 Å². The molecule has 2 N–H and O–H groups in total. The molecule has 0 aromatic carbocycles. The van der Waals surface area contributed by atoms with Gasteiger partial charge in [-0.25, -0.2) is 4.79 Å². The summed E-state index contributed by atoms with van der Waals surface area (Å²) in [4.78, 5) is 12.9. The first-order chi connectivity index (χ1) is 14.7. The van der Waals surface area contributed by atoms with Gasteiger partial charge in [0, 0.05) is 24.4 Å². The van der Waals surface area contributed by atoms with Crippen LogP contribution >= 0.6 is 11.3 Å². The van der Waals surface area contributed by atoms with Crippen molar-refractivity contribution in [1.82, 2.24) is 15.1 Å². The molecule has 170 valence electrons. The molecule has 7 nitrogen and oxygen atoms in total. The number of aromatic nitrogens is 2. The van der Waals surface area contributed by atoms with Gasteiger partial charge in [-0.15, -0.1) is 16.4 Å². The number of likely N-dealkylation sites (tertiary alicyclic amines) is 1. The minimum Gasteiger partial charge on any atom is -0.475 e. The fraction of sp³-hybridized carbons (Fsp3) is 0.550. The second-order valence-electron chi connectivity index (χ2n) is 7.80. The summed E-state index contributed by atoms with van der Waals surface area (Å²) in [7, 11) is 0. The lowest BCUT2D eigenvalue weighted by molar-refractivity contribution is -0.192. The number of carbonyl (C=O) groups is 1. The molecule has 0 amide bonds. The average molecular weight is 459 g/mol. The zero-order valence-electron chi connectivity index (χ0n) is 17.1. The van der Waals surface area contributed by atoms with Crippen LogP contribution in [0.3, 0.4) is 0 Å². The molecule has 0 bridgehead atoms. The van der Waals surface area contributed by atoms with Crippen molar-refractivity contribution >= 4 is 23.1 Å². The average Bonchev–Trinajstić information content (AvgIpc) is 3.34. The molecule has 0 aliphatic carbocycles. The van der Waals surface area contributed by atoms with E-state index in [0.29, 0.717) is 6.04 Å². The maximum Gasteiger partial charge on any atom is 0.490 e. The van der Waals surface area contributed by atoms with E-state index in [1.165, 1.54) is 17.8 Å². The van der Waals surface area contributed by atoms with Crippen LogP contribution in [-0.4, -0.2) is 63.7 Å². The summed E-state index contributed by atoms with van der Waals surface area (Å²) in [5.74, 6) is -1.91. The molecule has 2 unspecified atom stereocenters. The van der Waals surface area contributed by atoms with E-state index in [0.717, 1.165) is 44.0 Å². The maximum atomic E-state index is 10.6. The highest BCUT2D eigenvalue weighted by Crippen LogP contribution is 2.36. The van der Waals surface area contributed by atoms with Crippen molar-refractivity contribution in [2.45, 2.75) is 50.6 Å². The molecule has 2 aliphatic rings. The number of ether oxygens (including phenoxy) is 1. The van der Waals surface area contributed by atoms with Gasteiger partial charge in [-0.05, 0) is 49.9 Å². The van der Waals surface area contributed by atoms with E-state index in [4.69, 9.17) is 14.6 Å². The number of carboxylic acids is 1. The Morgan fingerprint density at radius 1 is 1.39 bits per heavy atom. The van der Waals surface area contributed by atoms with Gasteiger partial charge in [0.05, 0.1) is 23.9 Å². The van der Waals surface area contributed by atoms with Gasteiger partial charge in [0.25, 0.3) is 0 Å². The van der Waals surface area contributed by atoms with Crippen molar-refractivity contribution in [3.8, 4) is 0 Å². The highest BCUT2D eigenvalue weighted by Gasteiger charge is 2.43. The summed E-state index contributed by atoms with van der Waals surface area (Å²) in [6.45, 7) is 5.95. The van der Waals surface area contributed by atoms with E-state index >= 15 is 0 Å². The number of thiophene rings is 1. The number of piperidine rings is 1. The molecule has 2 atom stereocenters. The van der Waals surface area contributed by atoms with Gasteiger partial charge >= 0.3 is 12.1 Å². The van der Waals surface area contributed by atoms with Crippen molar-refractivity contribution < 1.29 is 27.8 Å². The summed E-state index contributed by atoms with van der Waals surface area (Å²) in [6, 6.07) is 8.67. The number of halogens is 3. The van der Waals surface area contributed by atoms with Crippen molar-refractivity contribution in [2.24, 2.45) is 0 Å². The summed E-state index contributed by atoms with van der Waals surface area (Å²) in [5, 5.41) is 21.1. The molecule has 4 rings (SSSR count). The number of nitrogens with zero attached hydrogens (tertiary/aromatic N) is 3. The van der Waals surface area contributed by atoms with Crippen LogP contribution in [0.25, 0.3) is 0 Å². The molecular formula is C20H25F3N4O3S. The smallest absolute Gasteiger partial charge is 0.475 e. The number of aliphatic carboxylic acids is 1. The van der Waals surface area contributed by atoms with Crippen molar-refractivity contribution in [3.05, 3.63) is 40.2 Å². The molecule has 2 fully saturated rings. The van der Waals surface area contributed by atoms with Crippen molar-refractivity contribution in [3.63, 3.8) is 0 Å². The Bertz CT molecular complexity index is 848. The Morgan fingerprint density at radius 2 is 2.16 bits per heavy atom. The zero-order chi connectivity index (χ0) is 22.5. The molecule has 11 heteroatoms. The SMILES string of the molecule is Cc1ccc(NC2COC3(CCCN(Cc4cccs4)C3)C2)nn1.O=C(O)C(F)(F)F. The maximum absolute atomic E-state index is 10.6. The van der Waals surface area contributed by atoms with E-state index in [9.17, 15) is 13.2 Å². The van der Waals surface area contributed by atoms with E-state index in [1.54, 1.807) is 0 Å². The summed E-state index contributed by atoms with van der Waals surface area (Å²) >= 11 is 1.84. The van der Waals surface area contributed by atoms with Gasteiger partial charge < -0.3 is 15.2 Å². The lowest BCUT2D eigenvalue weighted by Crippen LogP contribution is -2.47. The standard InChI is InChI=1S/C18H24N4OS.C2HF3O2/c1-14-5-6-17(21-20-14)19-15-10-18(23-12-15)7-3-8-22(13-18)11-16-4-2-9-24-16;3-2(4,5)1(6)7/h2,4-6,9,15H,3,7-8,10-13H2,1H3,(H,19,21);(H,6,7). The Balaban J connectivity index is 0.000000339. The third-order valence-corrected chi connectivity index (χ3v) is 6.04. The largest absolute Gasteiger partial charge is 0.490 e. The number of anilines is 1. The number of alkyl halides is 3. The van der Waals surface area contributed by atoms with Gasteiger partial charge in [-0.2, -0.15) is 18.3 Å². The lowest BCUT2D eigenvalue weighted by atomic mass is 9.88. The fourth-order valence-corrected chi connectivity index (χ4v) is 4.60. The van der Waals surface area contributed by atoms with Gasteiger partial charge in [-0.3, -0.25) is 4.90 Å². The van der Waals surface area contributed by atoms with Gasteiger partial charge in [0.2, 0.25) is 0 Å². The Kier molecular flexibility index (Phi) is 7.50. The van der Waals surface area contributed by atoms with E-state index in [2.05, 4.69) is 37.9 Å². The Labute approximate surface area is 182 Å². The molecule has 2 aromatic rings. The Morgan fingerprint density at radius 3 is 2.77 bits per heavy atom. The van der Waals surface area contributed by atoms with Gasteiger partial charge in [0.15, 0.2) is 0 Å². The van der Waals surface area contributed by atoms with Gasteiger partial charge in [-0.1, -0.05) is 6.07 Å². The van der Waals surface area contributed by atoms with Crippen LogP contribution in [0.15, 0.2) is 29.6 Å². The minimum absolute atomic E-state index is 0.00526. The number of rotatable bonds is 4. The lowest BCUT2D eigenvalue weighted by Gasteiger charge is -2.39. The molecule has 4 heterocycles. The first kappa shape index (κ1) is 23.4. The van der Waals surface area contributed by atoms with Crippen LogP contribution in [0, 0.1) is 6.92 Å². The molecular weight excluding hydrogens is 433 g/mol. The van der Waals surface area contributed by atoms with E-state index in [-0.39, 0.29) is 5.60 Å². The van der Waals surface area contributed by atoms with Crippen LogP contribution in [0.5, 0.6) is 0 Å². The quantitative estimate of drug-likeness (QED) is 0.722. The molecule has 2 aliphatic heterocycles. The van der Waals surface area contributed by atoms with Crippen LogP contribution in [-0.2, 0) is 16.1 Å². The number of hydrogen-bond donors (Lipinski definition) is 2. The number of carboxylic acid groups (broad SMARTS) is 1. The summed E-state index contributed by atoms with van der Waals surface area (Å²) in [5.41, 5.74) is 0.946. The molecule has 1 spiro atoms. The summed E-state index contributed by atoms with van der Waals surface area (Å²) in [6.07, 6.45) is -1.67. The van der Waals surface area contributed by atoms with Crippen LogP contribution in [0.1, 0.15) is 29.8 Å². The second kappa shape index (κ2) is 9.92.